The van der Waals surface area contributed by atoms with Crippen molar-refractivity contribution >= 4 is 5.97 Å². The van der Waals surface area contributed by atoms with Crippen LogP contribution in [0.25, 0.3) is 0 Å². The number of hydrogen-bond donors (Lipinski definition) is 0. The molecule has 4 rings (SSSR count). The maximum Gasteiger partial charge on any atom is 0.303 e. The Bertz CT molecular complexity index is 955. The number of ether oxygens (including phenoxy) is 6. The number of rotatable bonds is 8. The molecule has 2 aliphatic rings. The maximum atomic E-state index is 12.1. The van der Waals surface area contributed by atoms with Gasteiger partial charge in [-0.15, -0.1) is 0 Å². The third-order valence-electron chi connectivity index (χ3n) is 5.80. The number of carbonyl (C=O) groups is 1. The van der Waals surface area contributed by atoms with Gasteiger partial charge in [-0.05, 0) is 5.56 Å². The van der Waals surface area contributed by atoms with Crippen LogP contribution < -0.4 is 0 Å². The van der Waals surface area contributed by atoms with Crippen LogP contribution in [0.2, 0.25) is 0 Å². The summed E-state index contributed by atoms with van der Waals surface area (Å²) in [6.07, 6.45) is -4.61. The predicted molar refractivity (Wildman–Crippen MR) is 117 cm³/mol. The van der Waals surface area contributed by atoms with Crippen LogP contribution in [0.1, 0.15) is 24.3 Å². The number of fused-ring (bicyclic) bond motifs is 1. The Labute approximate surface area is 196 Å². The molecule has 0 aromatic heterocycles. The summed E-state index contributed by atoms with van der Waals surface area (Å²) in [6, 6.07) is 18.6. The summed E-state index contributed by atoms with van der Waals surface area (Å²) in [5.41, 5.74) is -0.286. The lowest BCUT2D eigenvalue weighted by molar-refractivity contribution is -0.525. The topological polar surface area (TPSA) is 116 Å². The minimum Gasteiger partial charge on any atom is -0.444 e. The van der Waals surface area contributed by atoms with Gasteiger partial charge in [0.25, 0.3) is 12.1 Å². The molecule has 4 unspecified atom stereocenters. The molecule has 0 spiro atoms. The van der Waals surface area contributed by atoms with Crippen molar-refractivity contribution in [2.45, 2.75) is 50.0 Å². The Morgan fingerprint density at radius 2 is 1.79 bits per heavy atom. The molecule has 34 heavy (non-hydrogen) atoms. The first-order valence-electron chi connectivity index (χ1n) is 10.9. The van der Waals surface area contributed by atoms with E-state index in [1.54, 1.807) is 0 Å². The van der Waals surface area contributed by atoms with Gasteiger partial charge < -0.3 is 28.4 Å². The summed E-state index contributed by atoms with van der Waals surface area (Å²) in [5, 5.41) is 11.8. The van der Waals surface area contributed by atoms with E-state index < -0.39 is 53.9 Å². The smallest absolute Gasteiger partial charge is 0.303 e. The first-order chi connectivity index (χ1) is 16.4. The maximum absolute atomic E-state index is 12.1. The Balaban J connectivity index is 1.72. The molecule has 0 amide bonds. The molecule has 0 radical (unpaired) electrons. The van der Waals surface area contributed by atoms with Crippen molar-refractivity contribution in [2.75, 3.05) is 20.3 Å². The number of methoxy groups -OCH3 is 1. The average Bonchev–Trinajstić information content (AvgIpc) is 2.83. The summed E-state index contributed by atoms with van der Waals surface area (Å²) >= 11 is 0. The van der Waals surface area contributed by atoms with Crippen molar-refractivity contribution in [1.29, 1.82) is 0 Å². The normalized spacial score (nSPS) is 30.8. The van der Waals surface area contributed by atoms with E-state index in [-0.39, 0.29) is 13.2 Å². The van der Waals surface area contributed by atoms with Crippen LogP contribution in [0, 0.1) is 10.1 Å². The van der Waals surface area contributed by atoms with Gasteiger partial charge in [0.1, 0.15) is 18.3 Å². The highest BCUT2D eigenvalue weighted by Crippen LogP contribution is 2.42. The van der Waals surface area contributed by atoms with Gasteiger partial charge >= 0.3 is 5.97 Å². The van der Waals surface area contributed by atoms with Crippen LogP contribution in [0.15, 0.2) is 60.7 Å². The Morgan fingerprint density at radius 1 is 1.12 bits per heavy atom. The van der Waals surface area contributed by atoms with Crippen LogP contribution in [0.3, 0.4) is 0 Å². The van der Waals surface area contributed by atoms with E-state index in [4.69, 9.17) is 28.4 Å². The number of nitro groups is 1. The quantitative estimate of drug-likeness (QED) is 0.324. The SMILES string of the molecule is CO[C@@H]1OC2COC(c3ccccc3)O[C@H]2C(OCc2ccccc2)C1(C[N+](=O)[O-])OC(C)=O. The highest BCUT2D eigenvalue weighted by molar-refractivity contribution is 5.66. The molecular formula is C24H27NO9. The zero-order valence-corrected chi connectivity index (χ0v) is 18.9. The third-order valence-corrected chi connectivity index (χ3v) is 5.80. The van der Waals surface area contributed by atoms with E-state index in [9.17, 15) is 14.9 Å². The molecule has 2 heterocycles. The molecule has 2 aromatic rings. The Kier molecular flexibility index (Phi) is 7.54. The minimum absolute atomic E-state index is 0.103. The second kappa shape index (κ2) is 10.6. The Morgan fingerprint density at radius 3 is 2.41 bits per heavy atom. The molecule has 2 fully saturated rings. The molecule has 0 bridgehead atoms. The Hall–Kier alpha value is -2.89. The van der Waals surface area contributed by atoms with Crippen LogP contribution in [0.5, 0.6) is 0 Å². The molecule has 2 aliphatic heterocycles. The summed E-state index contributed by atoms with van der Waals surface area (Å²) in [5.74, 6) is -0.731. The molecule has 10 nitrogen and oxygen atoms in total. The van der Waals surface area contributed by atoms with Crippen LogP contribution >= 0.6 is 0 Å². The minimum atomic E-state index is -1.89. The highest BCUT2D eigenvalue weighted by Gasteiger charge is 2.65. The van der Waals surface area contributed by atoms with Gasteiger partial charge in [0.05, 0.1) is 13.2 Å². The van der Waals surface area contributed by atoms with Crippen molar-refractivity contribution in [1.82, 2.24) is 0 Å². The average molecular weight is 473 g/mol. The number of benzene rings is 2. The van der Waals surface area contributed by atoms with Crippen LogP contribution in [-0.2, 0) is 39.8 Å². The van der Waals surface area contributed by atoms with E-state index in [2.05, 4.69) is 0 Å². The van der Waals surface area contributed by atoms with Crippen molar-refractivity contribution in [3.63, 3.8) is 0 Å². The number of hydrogen-bond acceptors (Lipinski definition) is 9. The van der Waals surface area contributed by atoms with Crippen molar-refractivity contribution in [3.8, 4) is 0 Å². The molecule has 0 N–H and O–H groups in total. The molecule has 2 aromatic carbocycles. The lowest BCUT2D eigenvalue weighted by Crippen LogP contribution is -2.72. The van der Waals surface area contributed by atoms with Gasteiger partial charge in [-0.3, -0.25) is 14.9 Å². The van der Waals surface area contributed by atoms with E-state index in [0.29, 0.717) is 0 Å². The van der Waals surface area contributed by atoms with E-state index in [0.717, 1.165) is 11.1 Å². The van der Waals surface area contributed by atoms with Crippen LogP contribution in [-0.4, -0.2) is 61.4 Å². The predicted octanol–water partition coefficient (Wildman–Crippen LogP) is 2.64. The van der Waals surface area contributed by atoms with Crippen molar-refractivity contribution in [2.24, 2.45) is 0 Å². The largest absolute Gasteiger partial charge is 0.444 e. The molecule has 182 valence electrons. The summed E-state index contributed by atoms with van der Waals surface area (Å²) in [4.78, 5) is 23.3. The standard InChI is InChI=1S/C24H27NO9/c1-16(26)34-24(15-25(27)28)21(30-13-17-9-5-3-6-10-17)20-19(32-23(24)29-2)14-31-22(33-20)18-11-7-4-8-12-18/h3-12,19-23H,13-15H2,1-2H3/t19?,20-,21?,22?,23-,24?/m1/s1. The van der Waals surface area contributed by atoms with Gasteiger partial charge in [-0.1, -0.05) is 60.7 Å². The van der Waals surface area contributed by atoms with Crippen molar-refractivity contribution in [3.05, 3.63) is 81.9 Å². The first-order valence-corrected chi connectivity index (χ1v) is 10.9. The van der Waals surface area contributed by atoms with Crippen molar-refractivity contribution < 1.29 is 38.1 Å². The molecule has 0 saturated carbocycles. The number of esters is 1. The van der Waals surface area contributed by atoms with Crippen LogP contribution in [0.4, 0.5) is 0 Å². The van der Waals surface area contributed by atoms with Gasteiger partial charge in [0.15, 0.2) is 6.29 Å². The second-order valence-corrected chi connectivity index (χ2v) is 8.18. The molecule has 6 atom stereocenters. The number of carbonyl (C=O) groups excluding carboxylic acids is 1. The zero-order chi connectivity index (χ0) is 24.1. The lowest BCUT2D eigenvalue weighted by Gasteiger charge is -2.52. The van der Waals surface area contributed by atoms with E-state index >= 15 is 0 Å². The fraction of sp³-hybridized carbons (Fsp3) is 0.458. The highest BCUT2D eigenvalue weighted by atomic mass is 16.8. The summed E-state index contributed by atoms with van der Waals surface area (Å²) in [7, 11) is 1.33. The molecule has 2 saturated heterocycles. The van der Waals surface area contributed by atoms with E-state index in [1.807, 2.05) is 60.7 Å². The fourth-order valence-corrected chi connectivity index (χ4v) is 4.42. The first kappa shape index (κ1) is 24.2. The number of nitrogens with zero attached hydrogens (tertiary/aromatic N) is 1. The molecule has 10 heteroatoms. The monoisotopic (exact) mass is 473 g/mol. The van der Waals surface area contributed by atoms with E-state index in [1.165, 1.54) is 14.0 Å². The van der Waals surface area contributed by atoms with Gasteiger partial charge in [0, 0.05) is 24.5 Å². The van der Waals surface area contributed by atoms with Gasteiger partial charge in [-0.2, -0.15) is 0 Å². The summed E-state index contributed by atoms with van der Waals surface area (Å²) in [6.45, 7) is 0.608. The molecule has 0 aliphatic carbocycles. The third kappa shape index (κ3) is 5.11. The van der Waals surface area contributed by atoms with Gasteiger partial charge in [-0.25, -0.2) is 0 Å². The fourth-order valence-electron chi connectivity index (χ4n) is 4.42. The second-order valence-electron chi connectivity index (χ2n) is 8.18. The summed E-state index contributed by atoms with van der Waals surface area (Å²) < 4.78 is 35.4. The zero-order valence-electron chi connectivity index (χ0n) is 18.9. The lowest BCUT2D eigenvalue weighted by atomic mass is 9.85. The molecular weight excluding hydrogens is 446 g/mol. The van der Waals surface area contributed by atoms with Gasteiger partial charge in [0.2, 0.25) is 6.29 Å².